The predicted octanol–water partition coefficient (Wildman–Crippen LogP) is 2.31. The minimum absolute atomic E-state index is 0.160. The first-order valence-electron chi connectivity index (χ1n) is 6.32. The van der Waals surface area contributed by atoms with Gasteiger partial charge in [-0.2, -0.15) is 0 Å². The third-order valence-corrected chi connectivity index (χ3v) is 4.32. The number of likely N-dealkylation sites (tertiary alicyclic amines) is 1. The molecule has 3 unspecified atom stereocenters. The first kappa shape index (κ1) is 13.9. The first-order valence-corrected chi connectivity index (χ1v) is 7.20. The number of urea groups is 1. The van der Waals surface area contributed by atoms with Crippen molar-refractivity contribution in [2.24, 2.45) is 5.92 Å². The van der Waals surface area contributed by atoms with Crippen LogP contribution in [0, 0.1) is 5.92 Å². The highest BCUT2D eigenvalue weighted by Gasteiger charge is 2.32. The van der Waals surface area contributed by atoms with Crippen LogP contribution in [0.5, 0.6) is 0 Å². The van der Waals surface area contributed by atoms with Crippen molar-refractivity contribution >= 4 is 23.3 Å². The molecule has 6 heteroatoms. The molecule has 19 heavy (non-hydrogen) atoms. The fourth-order valence-corrected chi connectivity index (χ4v) is 3.27. The molecule has 2 rings (SSSR count). The highest BCUT2D eigenvalue weighted by molar-refractivity contribution is 7.10. The molecule has 0 aliphatic carbocycles. The Kier molecular flexibility index (Phi) is 4.09. The van der Waals surface area contributed by atoms with E-state index in [4.69, 9.17) is 0 Å². The van der Waals surface area contributed by atoms with Gasteiger partial charge in [-0.25, -0.2) is 9.59 Å². The van der Waals surface area contributed by atoms with Crippen molar-refractivity contribution in [1.82, 2.24) is 10.2 Å². The molecule has 0 bridgehead atoms. The number of aliphatic carboxylic acids is 1. The zero-order valence-corrected chi connectivity index (χ0v) is 11.8. The van der Waals surface area contributed by atoms with Gasteiger partial charge < -0.3 is 15.3 Å². The summed E-state index contributed by atoms with van der Waals surface area (Å²) in [5.41, 5.74) is 0. The molecular formula is C13H18N2O3S. The van der Waals surface area contributed by atoms with Gasteiger partial charge in [0.25, 0.3) is 0 Å². The second kappa shape index (κ2) is 5.61. The molecule has 3 atom stereocenters. The van der Waals surface area contributed by atoms with Crippen molar-refractivity contribution in [3.63, 3.8) is 0 Å². The Labute approximate surface area is 116 Å². The average molecular weight is 282 g/mol. The number of carbonyl (C=O) groups excluding carboxylic acids is 1. The number of nitrogens with one attached hydrogen (secondary N) is 1. The molecule has 5 nitrogen and oxygen atoms in total. The maximum absolute atomic E-state index is 12.2. The number of nitrogens with zero attached hydrogens (tertiary/aromatic N) is 1. The molecule has 0 saturated carbocycles. The molecule has 0 aromatic carbocycles. The van der Waals surface area contributed by atoms with Crippen molar-refractivity contribution in [2.45, 2.75) is 32.4 Å². The van der Waals surface area contributed by atoms with Gasteiger partial charge in [0.1, 0.15) is 0 Å². The monoisotopic (exact) mass is 282 g/mol. The number of carboxylic acid groups (broad SMARTS) is 1. The van der Waals surface area contributed by atoms with E-state index < -0.39 is 12.0 Å². The van der Waals surface area contributed by atoms with E-state index in [1.165, 1.54) is 11.3 Å². The van der Waals surface area contributed by atoms with E-state index in [1.54, 1.807) is 22.4 Å². The molecule has 2 amide bonds. The summed E-state index contributed by atoms with van der Waals surface area (Å²) in [6, 6.07) is 2.41. The van der Waals surface area contributed by atoms with Crippen molar-refractivity contribution in [3.8, 4) is 0 Å². The van der Waals surface area contributed by atoms with Crippen LogP contribution in [0.4, 0.5) is 4.79 Å². The summed E-state index contributed by atoms with van der Waals surface area (Å²) in [7, 11) is 0. The zero-order chi connectivity index (χ0) is 14.0. The maximum atomic E-state index is 12.2. The van der Waals surface area contributed by atoms with Gasteiger partial charge in [-0.05, 0) is 30.7 Å². The van der Waals surface area contributed by atoms with E-state index in [0.29, 0.717) is 17.3 Å². The average Bonchev–Trinajstić information content (AvgIpc) is 2.95. The van der Waals surface area contributed by atoms with Gasteiger partial charge in [0.15, 0.2) is 6.04 Å². The number of hydrogen-bond donors (Lipinski definition) is 2. The Bertz CT molecular complexity index is 460. The van der Waals surface area contributed by atoms with Crippen LogP contribution in [0.1, 0.15) is 31.2 Å². The van der Waals surface area contributed by atoms with Gasteiger partial charge in [0, 0.05) is 17.5 Å². The van der Waals surface area contributed by atoms with Gasteiger partial charge in [-0.15, -0.1) is 11.3 Å². The summed E-state index contributed by atoms with van der Waals surface area (Å²) in [6.45, 7) is 4.77. The predicted molar refractivity (Wildman–Crippen MR) is 73.2 cm³/mol. The van der Waals surface area contributed by atoms with Gasteiger partial charge in [0.05, 0.1) is 0 Å². The molecule has 1 aromatic rings. The minimum atomic E-state index is -1.03. The van der Waals surface area contributed by atoms with E-state index in [2.05, 4.69) is 12.2 Å². The summed E-state index contributed by atoms with van der Waals surface area (Å²) in [5, 5.41) is 13.6. The number of hydrogen-bond acceptors (Lipinski definition) is 3. The van der Waals surface area contributed by atoms with Crippen molar-refractivity contribution in [1.29, 1.82) is 0 Å². The SMILES string of the molecule is CC1CC(C)N(C(=O)NC(C(=O)O)c2cccs2)C1. The van der Waals surface area contributed by atoms with Crippen molar-refractivity contribution in [2.75, 3.05) is 6.54 Å². The number of rotatable bonds is 3. The Hall–Kier alpha value is -1.56. The van der Waals surface area contributed by atoms with Gasteiger partial charge in [-0.3, -0.25) is 0 Å². The van der Waals surface area contributed by atoms with Crippen LogP contribution >= 0.6 is 11.3 Å². The lowest BCUT2D eigenvalue weighted by atomic mass is 10.1. The van der Waals surface area contributed by atoms with Crippen molar-refractivity contribution < 1.29 is 14.7 Å². The van der Waals surface area contributed by atoms with Crippen LogP contribution in [0.3, 0.4) is 0 Å². The van der Waals surface area contributed by atoms with Gasteiger partial charge in [-0.1, -0.05) is 13.0 Å². The summed E-state index contributed by atoms with van der Waals surface area (Å²) in [5.74, 6) is -0.568. The lowest BCUT2D eigenvalue weighted by molar-refractivity contribution is -0.139. The Morgan fingerprint density at radius 3 is 2.74 bits per heavy atom. The standard InChI is InChI=1S/C13H18N2O3S/c1-8-6-9(2)15(7-8)13(18)14-11(12(16)17)10-4-3-5-19-10/h3-5,8-9,11H,6-7H2,1-2H3,(H,14,18)(H,16,17). The van der Waals surface area contributed by atoms with Crippen LogP contribution in [0.15, 0.2) is 17.5 Å². The smallest absolute Gasteiger partial charge is 0.331 e. The number of carboxylic acids is 1. The van der Waals surface area contributed by atoms with Crippen LogP contribution in [0.2, 0.25) is 0 Å². The molecule has 104 valence electrons. The molecule has 1 aliphatic heterocycles. The van der Waals surface area contributed by atoms with Crippen LogP contribution < -0.4 is 5.32 Å². The van der Waals surface area contributed by atoms with E-state index >= 15 is 0 Å². The van der Waals surface area contributed by atoms with Crippen LogP contribution in [-0.2, 0) is 4.79 Å². The van der Waals surface area contributed by atoms with Crippen LogP contribution in [0.25, 0.3) is 0 Å². The topological polar surface area (TPSA) is 69.6 Å². The highest BCUT2D eigenvalue weighted by Crippen LogP contribution is 2.24. The van der Waals surface area contributed by atoms with E-state index in [-0.39, 0.29) is 12.1 Å². The summed E-state index contributed by atoms with van der Waals surface area (Å²) < 4.78 is 0. The molecule has 0 radical (unpaired) electrons. The molecular weight excluding hydrogens is 264 g/mol. The van der Waals surface area contributed by atoms with E-state index in [1.807, 2.05) is 6.92 Å². The molecule has 1 fully saturated rings. The lowest BCUT2D eigenvalue weighted by Gasteiger charge is -2.24. The maximum Gasteiger partial charge on any atom is 0.331 e. The lowest BCUT2D eigenvalue weighted by Crippen LogP contribution is -2.45. The molecule has 1 aromatic heterocycles. The Morgan fingerprint density at radius 2 is 2.26 bits per heavy atom. The molecule has 1 saturated heterocycles. The summed E-state index contributed by atoms with van der Waals surface area (Å²) >= 11 is 1.33. The number of carbonyl (C=O) groups is 2. The molecule has 0 spiro atoms. The van der Waals surface area contributed by atoms with Crippen molar-refractivity contribution in [3.05, 3.63) is 22.4 Å². The number of thiophene rings is 1. The summed E-state index contributed by atoms with van der Waals surface area (Å²) in [4.78, 5) is 25.8. The second-order valence-corrected chi connectivity index (χ2v) is 6.06. The Morgan fingerprint density at radius 1 is 1.53 bits per heavy atom. The highest BCUT2D eigenvalue weighted by atomic mass is 32.1. The normalized spacial score (nSPS) is 24.2. The molecule has 2 N–H and O–H groups in total. The van der Waals surface area contributed by atoms with Gasteiger partial charge in [0.2, 0.25) is 0 Å². The van der Waals surface area contributed by atoms with E-state index in [9.17, 15) is 14.7 Å². The third-order valence-electron chi connectivity index (χ3n) is 3.39. The largest absolute Gasteiger partial charge is 0.479 e. The second-order valence-electron chi connectivity index (χ2n) is 5.08. The number of amides is 2. The third kappa shape index (κ3) is 3.07. The Balaban J connectivity index is 2.06. The molecule has 1 aliphatic rings. The van der Waals surface area contributed by atoms with Crippen LogP contribution in [-0.4, -0.2) is 34.6 Å². The van der Waals surface area contributed by atoms with Gasteiger partial charge >= 0.3 is 12.0 Å². The fourth-order valence-electron chi connectivity index (χ4n) is 2.50. The first-order chi connectivity index (χ1) is 8.99. The fraction of sp³-hybridized carbons (Fsp3) is 0.538. The minimum Gasteiger partial charge on any atom is -0.479 e. The summed E-state index contributed by atoms with van der Waals surface area (Å²) in [6.07, 6.45) is 0.962. The van der Waals surface area contributed by atoms with E-state index in [0.717, 1.165) is 6.42 Å². The quantitative estimate of drug-likeness (QED) is 0.894. The molecule has 2 heterocycles. The zero-order valence-electron chi connectivity index (χ0n) is 11.0.